The molecule has 0 heterocycles. The summed E-state index contributed by atoms with van der Waals surface area (Å²) in [6.07, 6.45) is 3.78. The van der Waals surface area contributed by atoms with Gasteiger partial charge in [-0.25, -0.2) is 0 Å². The normalized spacial score (nSPS) is 15.8. The Morgan fingerprint density at radius 2 is 1.88 bits per heavy atom. The number of aryl methyl sites for hydroxylation is 1. The monoisotopic (exact) mass is 234 g/mol. The van der Waals surface area contributed by atoms with Crippen LogP contribution in [-0.2, 0) is 6.42 Å². The van der Waals surface area contributed by atoms with E-state index in [2.05, 4.69) is 39.8 Å². The van der Waals surface area contributed by atoms with Crippen molar-refractivity contribution in [3.63, 3.8) is 0 Å². The minimum Gasteiger partial charge on any atom is -0.487 e. The van der Waals surface area contributed by atoms with Crippen LogP contribution in [0.5, 0.6) is 11.5 Å². The van der Waals surface area contributed by atoms with Gasteiger partial charge in [0.05, 0.1) is 6.10 Å². The average molecular weight is 234 g/mol. The van der Waals surface area contributed by atoms with E-state index < -0.39 is 0 Å². The molecule has 0 radical (unpaired) electrons. The van der Waals surface area contributed by atoms with Gasteiger partial charge in [0.1, 0.15) is 5.60 Å². The maximum absolute atomic E-state index is 5.94. The first-order valence-electron chi connectivity index (χ1n) is 6.46. The van der Waals surface area contributed by atoms with Gasteiger partial charge in [-0.3, -0.25) is 0 Å². The summed E-state index contributed by atoms with van der Waals surface area (Å²) < 4.78 is 11.9. The third-order valence-electron chi connectivity index (χ3n) is 2.65. The van der Waals surface area contributed by atoms with Crippen LogP contribution in [0.4, 0.5) is 0 Å². The van der Waals surface area contributed by atoms with E-state index in [-0.39, 0.29) is 5.60 Å². The molecule has 2 heteroatoms. The molecular formula is C15H22O2. The number of ether oxygens (including phenoxy) is 2. The first-order valence-corrected chi connectivity index (χ1v) is 6.46. The molecule has 1 aromatic rings. The first kappa shape index (κ1) is 12.3. The van der Waals surface area contributed by atoms with Crippen molar-refractivity contribution < 1.29 is 9.47 Å². The second-order valence-corrected chi connectivity index (χ2v) is 5.67. The Bertz CT molecular complexity index is 386. The molecule has 1 aliphatic carbocycles. The smallest absolute Gasteiger partial charge is 0.162 e. The van der Waals surface area contributed by atoms with E-state index >= 15 is 0 Å². The molecule has 1 fully saturated rings. The Kier molecular flexibility index (Phi) is 3.32. The van der Waals surface area contributed by atoms with Gasteiger partial charge in [-0.1, -0.05) is 13.0 Å². The SMILES string of the molecule is CCc1ccc(OC(C)(C)C)c(OC2CC2)c1. The summed E-state index contributed by atoms with van der Waals surface area (Å²) in [5.41, 5.74) is 1.11. The highest BCUT2D eigenvalue weighted by Crippen LogP contribution is 2.36. The molecule has 2 nitrogen and oxygen atoms in total. The number of rotatable bonds is 4. The number of hydrogen-bond donors (Lipinski definition) is 0. The van der Waals surface area contributed by atoms with Crippen LogP contribution in [-0.4, -0.2) is 11.7 Å². The van der Waals surface area contributed by atoms with Crippen molar-refractivity contribution in [1.29, 1.82) is 0 Å². The summed E-state index contributed by atoms with van der Waals surface area (Å²) in [5.74, 6) is 1.77. The lowest BCUT2D eigenvalue weighted by Gasteiger charge is -2.23. The van der Waals surface area contributed by atoms with Crippen LogP contribution in [0.15, 0.2) is 18.2 Å². The molecule has 0 bridgehead atoms. The topological polar surface area (TPSA) is 18.5 Å². The van der Waals surface area contributed by atoms with Crippen molar-refractivity contribution in [2.75, 3.05) is 0 Å². The first-order chi connectivity index (χ1) is 7.98. The molecule has 1 aliphatic rings. The third-order valence-corrected chi connectivity index (χ3v) is 2.65. The van der Waals surface area contributed by atoms with E-state index in [0.29, 0.717) is 6.10 Å². The summed E-state index contributed by atoms with van der Waals surface area (Å²) in [6, 6.07) is 6.25. The van der Waals surface area contributed by atoms with E-state index in [1.807, 2.05) is 6.07 Å². The third kappa shape index (κ3) is 3.65. The fourth-order valence-corrected chi connectivity index (χ4v) is 1.64. The molecule has 0 spiro atoms. The number of hydrogen-bond acceptors (Lipinski definition) is 2. The van der Waals surface area contributed by atoms with Gasteiger partial charge in [0.15, 0.2) is 11.5 Å². The second-order valence-electron chi connectivity index (χ2n) is 5.67. The van der Waals surface area contributed by atoms with Gasteiger partial charge in [-0.05, 0) is 57.7 Å². The van der Waals surface area contributed by atoms with E-state index in [1.165, 1.54) is 18.4 Å². The maximum atomic E-state index is 5.94. The Morgan fingerprint density at radius 3 is 2.41 bits per heavy atom. The molecule has 0 aromatic heterocycles. The van der Waals surface area contributed by atoms with Crippen molar-refractivity contribution in [3.05, 3.63) is 23.8 Å². The molecule has 1 saturated carbocycles. The van der Waals surface area contributed by atoms with E-state index in [9.17, 15) is 0 Å². The van der Waals surface area contributed by atoms with E-state index in [0.717, 1.165) is 17.9 Å². The molecule has 0 N–H and O–H groups in total. The highest BCUT2D eigenvalue weighted by atomic mass is 16.5. The van der Waals surface area contributed by atoms with Crippen LogP contribution >= 0.6 is 0 Å². The zero-order valence-electron chi connectivity index (χ0n) is 11.2. The summed E-state index contributed by atoms with van der Waals surface area (Å²) >= 11 is 0. The summed E-state index contributed by atoms with van der Waals surface area (Å²) in [5, 5.41) is 0. The van der Waals surface area contributed by atoms with Gasteiger partial charge in [0, 0.05) is 0 Å². The minimum atomic E-state index is -0.185. The fourth-order valence-electron chi connectivity index (χ4n) is 1.64. The molecule has 1 aromatic carbocycles. The average Bonchev–Trinajstić information content (AvgIpc) is 3.02. The van der Waals surface area contributed by atoms with Gasteiger partial charge in [-0.15, -0.1) is 0 Å². The summed E-state index contributed by atoms with van der Waals surface area (Å²) in [6.45, 7) is 8.32. The van der Waals surface area contributed by atoms with Gasteiger partial charge in [-0.2, -0.15) is 0 Å². The van der Waals surface area contributed by atoms with Crippen molar-refractivity contribution >= 4 is 0 Å². The molecule has 0 aliphatic heterocycles. The molecule has 0 saturated heterocycles. The van der Waals surface area contributed by atoms with Crippen LogP contribution in [0, 0.1) is 0 Å². The van der Waals surface area contributed by atoms with Crippen molar-refractivity contribution in [1.82, 2.24) is 0 Å². The van der Waals surface area contributed by atoms with E-state index in [4.69, 9.17) is 9.47 Å². The maximum Gasteiger partial charge on any atom is 0.162 e. The van der Waals surface area contributed by atoms with Crippen LogP contribution in [0.1, 0.15) is 46.1 Å². The molecule has 0 unspecified atom stereocenters. The molecule has 17 heavy (non-hydrogen) atoms. The largest absolute Gasteiger partial charge is 0.487 e. The Morgan fingerprint density at radius 1 is 1.18 bits per heavy atom. The zero-order chi connectivity index (χ0) is 12.5. The second kappa shape index (κ2) is 4.59. The molecule has 2 rings (SSSR count). The van der Waals surface area contributed by atoms with Crippen molar-refractivity contribution in [3.8, 4) is 11.5 Å². The highest BCUT2D eigenvalue weighted by molar-refractivity contribution is 5.43. The van der Waals surface area contributed by atoms with Gasteiger partial charge in [0.25, 0.3) is 0 Å². The van der Waals surface area contributed by atoms with Gasteiger partial charge >= 0.3 is 0 Å². The minimum absolute atomic E-state index is 0.185. The Labute approximate surface area is 104 Å². The molecule has 94 valence electrons. The lowest BCUT2D eigenvalue weighted by molar-refractivity contribution is 0.122. The lowest BCUT2D eigenvalue weighted by Crippen LogP contribution is -2.23. The van der Waals surface area contributed by atoms with Crippen molar-refractivity contribution in [2.24, 2.45) is 0 Å². The lowest BCUT2D eigenvalue weighted by atomic mass is 10.1. The van der Waals surface area contributed by atoms with Crippen LogP contribution in [0.25, 0.3) is 0 Å². The van der Waals surface area contributed by atoms with Crippen molar-refractivity contribution in [2.45, 2.75) is 58.7 Å². The van der Waals surface area contributed by atoms with Gasteiger partial charge < -0.3 is 9.47 Å². The summed E-state index contributed by atoms with van der Waals surface area (Å²) in [7, 11) is 0. The Hall–Kier alpha value is -1.18. The Balaban J connectivity index is 2.22. The zero-order valence-corrected chi connectivity index (χ0v) is 11.2. The van der Waals surface area contributed by atoms with Crippen LogP contribution in [0.2, 0.25) is 0 Å². The molecular weight excluding hydrogens is 212 g/mol. The predicted molar refractivity (Wildman–Crippen MR) is 69.9 cm³/mol. The van der Waals surface area contributed by atoms with Crippen LogP contribution in [0.3, 0.4) is 0 Å². The highest BCUT2D eigenvalue weighted by Gasteiger charge is 2.26. The quantitative estimate of drug-likeness (QED) is 0.785. The fraction of sp³-hybridized carbons (Fsp3) is 0.600. The summed E-state index contributed by atoms with van der Waals surface area (Å²) in [4.78, 5) is 0. The predicted octanol–water partition coefficient (Wildman–Crippen LogP) is 3.97. The van der Waals surface area contributed by atoms with Crippen LogP contribution < -0.4 is 9.47 Å². The standard InChI is InChI=1S/C15H22O2/c1-5-11-6-9-13(17-15(2,3)4)14(10-11)16-12-7-8-12/h6,9-10,12H,5,7-8H2,1-4H3. The molecule has 0 amide bonds. The van der Waals surface area contributed by atoms with E-state index in [1.54, 1.807) is 0 Å². The number of benzene rings is 1. The van der Waals surface area contributed by atoms with Gasteiger partial charge in [0.2, 0.25) is 0 Å². The molecule has 0 atom stereocenters.